The van der Waals surface area contributed by atoms with Gasteiger partial charge in [-0.1, -0.05) is 6.07 Å². The van der Waals surface area contributed by atoms with Gasteiger partial charge in [-0.05, 0) is 29.1 Å². The molecule has 0 bridgehead atoms. The van der Waals surface area contributed by atoms with Gasteiger partial charge in [0.25, 0.3) is 0 Å². The summed E-state index contributed by atoms with van der Waals surface area (Å²) in [4.78, 5) is 7.97. The molecule has 3 rings (SSSR count). The maximum Gasteiger partial charge on any atom is 0.115 e. The lowest BCUT2D eigenvalue weighted by Gasteiger charge is -2.08. The van der Waals surface area contributed by atoms with Crippen molar-refractivity contribution < 1.29 is 5.11 Å². The monoisotopic (exact) mass is 230 g/mol. The first-order chi connectivity index (χ1) is 7.84. The predicted octanol–water partition coefficient (Wildman–Crippen LogP) is 2.71. The molecule has 0 spiro atoms. The summed E-state index contributed by atoms with van der Waals surface area (Å²) in [6, 6.07) is 7.91. The molecule has 0 fully saturated rings. The molecule has 2 heterocycles. The molecule has 2 aromatic heterocycles. The number of aliphatic hydroxyl groups is 1. The molecule has 0 aliphatic carbocycles. The van der Waals surface area contributed by atoms with Gasteiger partial charge >= 0.3 is 0 Å². The number of aromatic nitrogens is 2. The number of hydrogen-bond acceptors (Lipinski definition) is 3. The zero-order valence-electron chi connectivity index (χ0n) is 8.42. The normalized spacial score (nSPS) is 13.1. The number of fused-ring (bicyclic) bond motifs is 1. The Bertz CT molecular complexity index is 600. The second-order valence-corrected chi connectivity index (χ2v) is 4.55. The Hall–Kier alpha value is -1.65. The van der Waals surface area contributed by atoms with Crippen LogP contribution in [-0.4, -0.2) is 15.1 Å². The van der Waals surface area contributed by atoms with E-state index in [1.165, 1.54) is 11.3 Å². The second-order valence-electron chi connectivity index (χ2n) is 3.63. The zero-order chi connectivity index (χ0) is 11.0. The minimum Gasteiger partial charge on any atom is -0.383 e. The van der Waals surface area contributed by atoms with Gasteiger partial charge in [-0.25, -0.2) is 0 Å². The van der Waals surface area contributed by atoms with Crippen LogP contribution in [0.2, 0.25) is 0 Å². The summed E-state index contributed by atoms with van der Waals surface area (Å²) in [6.45, 7) is 0. The first kappa shape index (κ1) is 9.57. The molecule has 16 heavy (non-hydrogen) atoms. The fourth-order valence-corrected chi connectivity index (χ4v) is 2.40. The fraction of sp³-hybridized carbons (Fsp3) is 0.0833. The minimum absolute atomic E-state index is 0.577. The molecule has 1 unspecified atom stereocenters. The Morgan fingerprint density at radius 2 is 2.25 bits per heavy atom. The van der Waals surface area contributed by atoms with E-state index < -0.39 is 6.10 Å². The number of hydrogen-bond donors (Lipinski definition) is 2. The molecular formula is C12H10N2OS. The molecule has 0 radical (unpaired) electrons. The highest BCUT2D eigenvalue weighted by Crippen LogP contribution is 2.26. The molecule has 1 atom stereocenters. The van der Waals surface area contributed by atoms with Crippen molar-refractivity contribution in [1.82, 2.24) is 9.97 Å². The van der Waals surface area contributed by atoms with Gasteiger partial charge in [0.2, 0.25) is 0 Å². The number of nitrogens with zero attached hydrogens (tertiary/aromatic N) is 1. The van der Waals surface area contributed by atoms with Gasteiger partial charge in [-0.15, -0.1) is 11.3 Å². The van der Waals surface area contributed by atoms with Crippen LogP contribution in [0.1, 0.15) is 16.5 Å². The summed E-state index contributed by atoms with van der Waals surface area (Å²) in [5, 5.41) is 11.3. The smallest absolute Gasteiger partial charge is 0.115 e. The van der Waals surface area contributed by atoms with Crippen molar-refractivity contribution >= 4 is 22.2 Å². The maximum absolute atomic E-state index is 10.1. The van der Waals surface area contributed by atoms with Crippen LogP contribution in [0.5, 0.6) is 0 Å². The first-order valence-electron chi connectivity index (χ1n) is 4.98. The number of aromatic amines is 1. The highest BCUT2D eigenvalue weighted by molar-refractivity contribution is 7.09. The second kappa shape index (κ2) is 3.73. The maximum atomic E-state index is 10.1. The Kier molecular flexibility index (Phi) is 2.23. The van der Waals surface area contributed by atoms with E-state index in [4.69, 9.17) is 0 Å². The van der Waals surface area contributed by atoms with E-state index in [9.17, 15) is 5.11 Å². The molecule has 1 aromatic carbocycles. The van der Waals surface area contributed by atoms with Crippen LogP contribution in [0.25, 0.3) is 10.9 Å². The standard InChI is InChI=1S/C12H10N2OS/c15-12(11-6-13-7-16-11)9-1-2-10-8(5-9)3-4-14-10/h1-7,12,14-15H. The summed E-state index contributed by atoms with van der Waals surface area (Å²) in [5.41, 5.74) is 3.71. The Balaban J connectivity index is 2.05. The number of rotatable bonds is 2. The Labute approximate surface area is 96.4 Å². The van der Waals surface area contributed by atoms with Crippen LogP contribution in [0.3, 0.4) is 0 Å². The van der Waals surface area contributed by atoms with E-state index >= 15 is 0 Å². The highest BCUT2D eigenvalue weighted by Gasteiger charge is 2.12. The SMILES string of the molecule is OC(c1ccc2[nH]ccc2c1)c1cncs1. The molecule has 0 aliphatic heterocycles. The molecule has 80 valence electrons. The summed E-state index contributed by atoms with van der Waals surface area (Å²) < 4.78 is 0. The molecule has 3 aromatic rings. The van der Waals surface area contributed by atoms with Gasteiger partial charge in [-0.2, -0.15) is 0 Å². The van der Waals surface area contributed by atoms with Gasteiger partial charge in [0.1, 0.15) is 6.10 Å². The Morgan fingerprint density at radius 3 is 3.06 bits per heavy atom. The largest absolute Gasteiger partial charge is 0.383 e. The van der Waals surface area contributed by atoms with E-state index in [0.29, 0.717) is 0 Å². The van der Waals surface area contributed by atoms with Gasteiger partial charge < -0.3 is 10.1 Å². The molecule has 0 amide bonds. The lowest BCUT2D eigenvalue weighted by molar-refractivity contribution is 0.224. The lowest BCUT2D eigenvalue weighted by atomic mass is 10.1. The molecule has 2 N–H and O–H groups in total. The first-order valence-corrected chi connectivity index (χ1v) is 5.86. The molecule has 4 heteroatoms. The van der Waals surface area contributed by atoms with Crippen LogP contribution in [-0.2, 0) is 0 Å². The molecule has 0 aliphatic rings. The zero-order valence-corrected chi connectivity index (χ0v) is 9.24. The van der Waals surface area contributed by atoms with Crippen LogP contribution in [0, 0.1) is 0 Å². The predicted molar refractivity (Wildman–Crippen MR) is 64.5 cm³/mol. The third-order valence-electron chi connectivity index (χ3n) is 2.61. The van der Waals surface area contributed by atoms with Gasteiger partial charge in [0.15, 0.2) is 0 Å². The summed E-state index contributed by atoms with van der Waals surface area (Å²) >= 11 is 1.46. The van der Waals surface area contributed by atoms with Crippen molar-refractivity contribution in [2.45, 2.75) is 6.10 Å². The van der Waals surface area contributed by atoms with Crippen molar-refractivity contribution in [3.05, 3.63) is 52.6 Å². The highest BCUT2D eigenvalue weighted by atomic mass is 32.1. The minimum atomic E-state index is -0.577. The van der Waals surface area contributed by atoms with Crippen molar-refractivity contribution in [2.75, 3.05) is 0 Å². The van der Waals surface area contributed by atoms with Crippen LogP contribution >= 0.6 is 11.3 Å². The quantitative estimate of drug-likeness (QED) is 0.711. The summed E-state index contributed by atoms with van der Waals surface area (Å²) in [5.74, 6) is 0. The Morgan fingerprint density at radius 1 is 1.31 bits per heavy atom. The summed E-state index contributed by atoms with van der Waals surface area (Å²) in [7, 11) is 0. The van der Waals surface area contributed by atoms with Crippen molar-refractivity contribution in [3.63, 3.8) is 0 Å². The molecular weight excluding hydrogens is 220 g/mol. The van der Waals surface area contributed by atoms with Crippen LogP contribution in [0.15, 0.2) is 42.2 Å². The molecule has 0 saturated heterocycles. The number of thiazole rings is 1. The number of nitrogens with one attached hydrogen (secondary N) is 1. The summed E-state index contributed by atoms with van der Waals surface area (Å²) in [6.07, 6.45) is 3.02. The number of H-pyrrole nitrogens is 1. The van der Waals surface area contributed by atoms with E-state index in [1.54, 1.807) is 11.7 Å². The topological polar surface area (TPSA) is 48.9 Å². The van der Waals surface area contributed by atoms with Gasteiger partial charge in [0.05, 0.1) is 10.4 Å². The average molecular weight is 230 g/mol. The number of aliphatic hydroxyl groups excluding tert-OH is 1. The molecule has 0 saturated carbocycles. The van der Waals surface area contributed by atoms with E-state index in [1.807, 2.05) is 30.5 Å². The van der Waals surface area contributed by atoms with Crippen molar-refractivity contribution in [3.8, 4) is 0 Å². The van der Waals surface area contributed by atoms with Crippen molar-refractivity contribution in [1.29, 1.82) is 0 Å². The average Bonchev–Trinajstić information content (AvgIpc) is 2.98. The number of benzene rings is 1. The fourth-order valence-electron chi connectivity index (χ4n) is 1.77. The van der Waals surface area contributed by atoms with Crippen LogP contribution < -0.4 is 0 Å². The van der Waals surface area contributed by atoms with Gasteiger partial charge in [0, 0.05) is 17.9 Å². The molecule has 3 nitrogen and oxygen atoms in total. The van der Waals surface area contributed by atoms with E-state index in [-0.39, 0.29) is 0 Å². The third-order valence-corrected chi connectivity index (χ3v) is 3.44. The van der Waals surface area contributed by atoms with Crippen molar-refractivity contribution in [2.24, 2.45) is 0 Å². The third kappa shape index (κ3) is 1.52. The lowest BCUT2D eigenvalue weighted by Crippen LogP contribution is -1.96. The van der Waals surface area contributed by atoms with E-state index in [0.717, 1.165) is 21.3 Å². The van der Waals surface area contributed by atoms with E-state index in [2.05, 4.69) is 9.97 Å². The van der Waals surface area contributed by atoms with Gasteiger partial charge in [-0.3, -0.25) is 4.98 Å². The van der Waals surface area contributed by atoms with Crippen LogP contribution in [0.4, 0.5) is 0 Å².